The van der Waals surface area contributed by atoms with Crippen LogP contribution in [0.3, 0.4) is 0 Å². The lowest BCUT2D eigenvalue weighted by molar-refractivity contribution is -0.149. The maximum Gasteiger partial charge on any atom is 0.306 e. The molecule has 0 heterocycles. The molecule has 2 unspecified atom stereocenters. The van der Waals surface area contributed by atoms with Crippen molar-refractivity contribution in [1.82, 2.24) is 0 Å². The second-order valence-corrected chi connectivity index (χ2v) is 4.80. The highest BCUT2D eigenvalue weighted by molar-refractivity contribution is 5.69. The number of esters is 1. The summed E-state index contributed by atoms with van der Waals surface area (Å²) in [5.41, 5.74) is 5.59. The highest BCUT2D eigenvalue weighted by Gasteiger charge is 2.10. The summed E-state index contributed by atoms with van der Waals surface area (Å²) in [5.74, 6) is 0.473. The summed E-state index contributed by atoms with van der Waals surface area (Å²) in [5, 5.41) is 0. The van der Waals surface area contributed by atoms with Crippen molar-refractivity contribution in [2.24, 2.45) is 11.7 Å². The van der Waals surface area contributed by atoms with Gasteiger partial charge in [-0.2, -0.15) is 0 Å². The second kappa shape index (κ2) is 7.69. The van der Waals surface area contributed by atoms with Crippen LogP contribution in [0.15, 0.2) is 0 Å². The Morgan fingerprint density at radius 2 is 1.87 bits per heavy atom. The van der Waals surface area contributed by atoms with E-state index in [1.54, 1.807) is 0 Å². The Morgan fingerprint density at radius 1 is 1.27 bits per heavy atom. The van der Waals surface area contributed by atoms with Crippen LogP contribution in [-0.4, -0.2) is 18.1 Å². The van der Waals surface area contributed by atoms with E-state index in [1.807, 2.05) is 13.8 Å². The fourth-order valence-electron chi connectivity index (χ4n) is 1.56. The predicted octanol–water partition coefficient (Wildman–Crippen LogP) is 2.48. The molecular formula is C12H25NO2. The summed E-state index contributed by atoms with van der Waals surface area (Å²) in [6, 6.07) is 0.172. The first-order valence-electron chi connectivity index (χ1n) is 5.86. The van der Waals surface area contributed by atoms with Crippen molar-refractivity contribution < 1.29 is 9.53 Å². The van der Waals surface area contributed by atoms with Crippen molar-refractivity contribution in [3.05, 3.63) is 0 Å². The predicted molar refractivity (Wildman–Crippen MR) is 62.5 cm³/mol. The highest BCUT2D eigenvalue weighted by Crippen LogP contribution is 2.09. The number of hydrogen-bond acceptors (Lipinski definition) is 3. The second-order valence-electron chi connectivity index (χ2n) is 4.80. The minimum Gasteiger partial charge on any atom is -0.463 e. The molecule has 3 nitrogen and oxygen atoms in total. The van der Waals surface area contributed by atoms with Crippen LogP contribution in [0.4, 0.5) is 0 Å². The van der Waals surface area contributed by atoms with E-state index < -0.39 is 0 Å². The first kappa shape index (κ1) is 14.4. The molecule has 0 aromatic heterocycles. The lowest BCUT2D eigenvalue weighted by Crippen LogP contribution is -2.18. The van der Waals surface area contributed by atoms with Crippen LogP contribution >= 0.6 is 0 Å². The number of carbonyl (C=O) groups excluding carboxylic acids is 1. The van der Waals surface area contributed by atoms with Crippen molar-refractivity contribution >= 4 is 5.97 Å². The zero-order valence-electron chi connectivity index (χ0n) is 10.5. The van der Waals surface area contributed by atoms with Gasteiger partial charge in [0.1, 0.15) is 0 Å². The van der Waals surface area contributed by atoms with Crippen LogP contribution < -0.4 is 5.73 Å². The van der Waals surface area contributed by atoms with Gasteiger partial charge in [-0.15, -0.1) is 0 Å². The van der Waals surface area contributed by atoms with E-state index in [9.17, 15) is 4.79 Å². The third-order valence-corrected chi connectivity index (χ3v) is 2.18. The van der Waals surface area contributed by atoms with Crippen molar-refractivity contribution in [2.75, 3.05) is 0 Å². The van der Waals surface area contributed by atoms with Crippen molar-refractivity contribution in [3.63, 3.8) is 0 Å². The van der Waals surface area contributed by atoms with Crippen molar-refractivity contribution in [2.45, 2.75) is 65.5 Å². The van der Waals surface area contributed by atoms with E-state index in [4.69, 9.17) is 10.5 Å². The number of rotatable bonds is 7. The number of ether oxygens (including phenoxy) is 1. The smallest absolute Gasteiger partial charge is 0.306 e. The van der Waals surface area contributed by atoms with Gasteiger partial charge in [-0.05, 0) is 39.0 Å². The largest absolute Gasteiger partial charge is 0.463 e. The third kappa shape index (κ3) is 9.73. The average molecular weight is 215 g/mol. The van der Waals surface area contributed by atoms with E-state index in [2.05, 4.69) is 13.8 Å². The molecule has 0 saturated carbocycles. The lowest BCUT2D eigenvalue weighted by atomic mass is 10.1. The minimum absolute atomic E-state index is 0.0350. The highest BCUT2D eigenvalue weighted by atomic mass is 16.5. The van der Waals surface area contributed by atoms with Gasteiger partial charge in [0.25, 0.3) is 0 Å². The Kier molecular flexibility index (Phi) is 7.39. The van der Waals surface area contributed by atoms with Gasteiger partial charge < -0.3 is 10.5 Å². The maximum atomic E-state index is 11.4. The Morgan fingerprint density at radius 3 is 2.33 bits per heavy atom. The molecule has 0 amide bonds. The minimum atomic E-state index is -0.0937. The molecule has 0 aromatic rings. The zero-order chi connectivity index (χ0) is 11.8. The van der Waals surface area contributed by atoms with Gasteiger partial charge in [0, 0.05) is 12.5 Å². The standard InChI is InChI=1S/C12H25NO2/c1-9(2)8-11(4)15-12(14)7-5-6-10(3)13/h9-11H,5-8,13H2,1-4H3. The molecule has 0 rings (SSSR count). The van der Waals surface area contributed by atoms with Crippen LogP contribution in [0.25, 0.3) is 0 Å². The SMILES string of the molecule is CC(C)CC(C)OC(=O)CCCC(C)N. The summed E-state index contributed by atoms with van der Waals surface area (Å²) < 4.78 is 5.26. The maximum absolute atomic E-state index is 11.4. The van der Waals surface area contributed by atoms with E-state index in [1.165, 1.54) is 0 Å². The molecule has 0 fully saturated rings. The molecule has 2 atom stereocenters. The molecule has 0 aromatic carbocycles. The summed E-state index contributed by atoms with van der Waals surface area (Å²) in [4.78, 5) is 11.4. The van der Waals surface area contributed by atoms with E-state index >= 15 is 0 Å². The van der Waals surface area contributed by atoms with Gasteiger partial charge in [0.15, 0.2) is 0 Å². The van der Waals surface area contributed by atoms with E-state index in [0.29, 0.717) is 12.3 Å². The summed E-state index contributed by atoms with van der Waals surface area (Å²) >= 11 is 0. The van der Waals surface area contributed by atoms with Crippen LogP contribution in [0.2, 0.25) is 0 Å². The molecule has 0 spiro atoms. The molecule has 0 aliphatic carbocycles. The summed E-state index contributed by atoms with van der Waals surface area (Å²) in [6.07, 6.45) is 3.16. The molecule has 0 saturated heterocycles. The van der Waals surface area contributed by atoms with Gasteiger partial charge in [-0.3, -0.25) is 4.79 Å². The van der Waals surface area contributed by atoms with Crippen molar-refractivity contribution in [3.8, 4) is 0 Å². The van der Waals surface area contributed by atoms with Crippen molar-refractivity contribution in [1.29, 1.82) is 0 Å². The molecule has 3 heteroatoms. The van der Waals surface area contributed by atoms with Crippen LogP contribution in [0.1, 0.15) is 53.4 Å². The van der Waals surface area contributed by atoms with Gasteiger partial charge >= 0.3 is 5.97 Å². The molecule has 0 radical (unpaired) electrons. The summed E-state index contributed by atoms with van der Waals surface area (Å²) in [7, 11) is 0. The molecule has 0 aliphatic heterocycles. The number of nitrogens with two attached hydrogens (primary N) is 1. The Labute approximate surface area is 93.4 Å². The van der Waals surface area contributed by atoms with Gasteiger partial charge in [-0.1, -0.05) is 13.8 Å². The zero-order valence-corrected chi connectivity index (χ0v) is 10.5. The topological polar surface area (TPSA) is 52.3 Å². The normalized spacial score (nSPS) is 15.1. The van der Waals surface area contributed by atoms with Crippen LogP contribution in [-0.2, 0) is 9.53 Å². The van der Waals surface area contributed by atoms with E-state index in [0.717, 1.165) is 19.3 Å². The molecule has 0 aliphatic rings. The van der Waals surface area contributed by atoms with Crippen LogP contribution in [0.5, 0.6) is 0 Å². The molecule has 0 bridgehead atoms. The lowest BCUT2D eigenvalue weighted by Gasteiger charge is -2.15. The van der Waals surface area contributed by atoms with Gasteiger partial charge in [0.05, 0.1) is 6.10 Å². The average Bonchev–Trinajstić information content (AvgIpc) is 2.00. The van der Waals surface area contributed by atoms with Gasteiger partial charge in [-0.25, -0.2) is 0 Å². The van der Waals surface area contributed by atoms with E-state index in [-0.39, 0.29) is 18.1 Å². The fourth-order valence-corrected chi connectivity index (χ4v) is 1.56. The quantitative estimate of drug-likeness (QED) is 0.664. The molecule has 2 N–H and O–H groups in total. The fraction of sp³-hybridized carbons (Fsp3) is 0.917. The first-order valence-corrected chi connectivity index (χ1v) is 5.86. The summed E-state index contributed by atoms with van der Waals surface area (Å²) in [6.45, 7) is 8.15. The molecule has 15 heavy (non-hydrogen) atoms. The number of hydrogen-bond donors (Lipinski definition) is 1. The van der Waals surface area contributed by atoms with Crippen LogP contribution in [0, 0.1) is 5.92 Å². The monoisotopic (exact) mass is 215 g/mol. The van der Waals surface area contributed by atoms with Gasteiger partial charge in [0.2, 0.25) is 0 Å². The Balaban J connectivity index is 3.55. The third-order valence-electron chi connectivity index (χ3n) is 2.18. The molecular weight excluding hydrogens is 190 g/mol. The Bertz CT molecular complexity index is 178. The Hall–Kier alpha value is -0.570. The first-order chi connectivity index (χ1) is 6.91. The molecule has 90 valence electrons. The number of carbonyl (C=O) groups is 1.